The number of nitrogen functional groups attached to an aromatic ring is 1. The third kappa shape index (κ3) is 25.3. The molecule has 1 heterocycles. The van der Waals surface area contributed by atoms with Gasteiger partial charge in [0.05, 0.1) is 6.61 Å². The number of carbonyl (C=O) groups is 4. The number of hydrogen-bond donors (Lipinski definition) is 8. The Morgan fingerprint density at radius 1 is 0.711 bits per heavy atom. The number of hydrogen-bond acceptors (Lipinski definition) is 9. The second-order valence-electron chi connectivity index (χ2n) is 9.56. The Hall–Kier alpha value is -4.96. The van der Waals surface area contributed by atoms with Gasteiger partial charge in [-0.15, -0.1) is 0 Å². The summed E-state index contributed by atoms with van der Waals surface area (Å²) in [6, 6.07) is 7.38. The molecule has 1 saturated heterocycles. The standard InChI is InChI=1S/C21H37N7O.2C4H4O4/c22-20(23)18-6-8-19(9-7-18)29-17-5-12-28-15-13-27(14-16-28)11-4-2-1-3-10-26-21(24)25;2*5-3(6)1-2-4(7)8/h6-9H,1-5,10-17H2,(H3,22,23)(H4,24,25,26);2*1-2H,(H,5,6)(H,7,8)/b;2*2-1+. The van der Waals surface area contributed by atoms with Gasteiger partial charge in [0.15, 0.2) is 5.96 Å². The molecule has 0 atom stereocenters. The number of nitrogens with zero attached hydrogens (tertiary/aromatic N) is 3. The van der Waals surface area contributed by atoms with Gasteiger partial charge in [0.25, 0.3) is 0 Å². The Morgan fingerprint density at radius 3 is 1.53 bits per heavy atom. The highest BCUT2D eigenvalue weighted by Gasteiger charge is 2.15. The van der Waals surface area contributed by atoms with Crippen molar-refractivity contribution in [3.8, 4) is 5.75 Å². The lowest BCUT2D eigenvalue weighted by atomic mass is 10.2. The van der Waals surface area contributed by atoms with Gasteiger partial charge in [0, 0.05) is 69.1 Å². The van der Waals surface area contributed by atoms with Crippen molar-refractivity contribution in [1.29, 1.82) is 5.41 Å². The number of piperazine rings is 1. The largest absolute Gasteiger partial charge is 0.494 e. The molecular formula is C29H45N7O9. The van der Waals surface area contributed by atoms with E-state index in [0.29, 0.717) is 30.9 Å². The highest BCUT2D eigenvalue weighted by atomic mass is 16.5. The molecule has 0 radical (unpaired) electrons. The van der Waals surface area contributed by atoms with E-state index in [1.165, 1.54) is 25.8 Å². The van der Waals surface area contributed by atoms with Crippen LogP contribution in [0.2, 0.25) is 0 Å². The fourth-order valence-electron chi connectivity index (χ4n) is 3.74. The molecule has 0 spiro atoms. The van der Waals surface area contributed by atoms with E-state index >= 15 is 0 Å². The topological polar surface area (TPSA) is 279 Å². The second-order valence-corrected chi connectivity index (χ2v) is 9.56. The smallest absolute Gasteiger partial charge is 0.328 e. The Kier molecular flexibility index (Phi) is 21.8. The second kappa shape index (κ2) is 24.5. The van der Waals surface area contributed by atoms with Crippen molar-refractivity contribution in [2.24, 2.45) is 22.2 Å². The van der Waals surface area contributed by atoms with Crippen molar-refractivity contribution in [1.82, 2.24) is 9.80 Å². The van der Waals surface area contributed by atoms with Crippen LogP contribution in [0.5, 0.6) is 5.75 Å². The number of nitrogens with one attached hydrogen (secondary N) is 1. The van der Waals surface area contributed by atoms with Gasteiger partial charge < -0.3 is 52.2 Å². The summed E-state index contributed by atoms with van der Waals surface area (Å²) in [5.74, 6) is -3.92. The fraction of sp³-hybridized carbons (Fsp3) is 0.448. The highest BCUT2D eigenvalue weighted by Crippen LogP contribution is 2.12. The van der Waals surface area contributed by atoms with E-state index in [1.54, 1.807) is 0 Å². The molecule has 1 aromatic rings. The first kappa shape index (κ1) is 40.0. The van der Waals surface area contributed by atoms with E-state index in [1.807, 2.05) is 24.3 Å². The molecule has 45 heavy (non-hydrogen) atoms. The van der Waals surface area contributed by atoms with Gasteiger partial charge in [-0.05, 0) is 50.1 Å². The van der Waals surface area contributed by atoms with Crippen LogP contribution >= 0.6 is 0 Å². The molecule has 11 N–H and O–H groups in total. The zero-order chi connectivity index (χ0) is 34.0. The Balaban J connectivity index is 0.000000991. The van der Waals surface area contributed by atoms with Gasteiger partial charge in [-0.25, -0.2) is 19.2 Å². The average Bonchev–Trinajstić information content (AvgIpc) is 2.98. The lowest BCUT2D eigenvalue weighted by molar-refractivity contribution is -0.134. The number of amidine groups is 1. The molecule has 0 amide bonds. The first-order valence-electron chi connectivity index (χ1n) is 14.1. The van der Waals surface area contributed by atoms with Crippen LogP contribution in [-0.2, 0) is 19.2 Å². The van der Waals surface area contributed by atoms with Crippen LogP contribution in [-0.4, -0.2) is 118 Å². The average molecular weight is 636 g/mol. The number of carboxylic acids is 4. The van der Waals surface area contributed by atoms with Crippen LogP contribution in [0.4, 0.5) is 0 Å². The van der Waals surface area contributed by atoms with Crippen molar-refractivity contribution < 1.29 is 44.3 Å². The number of carboxylic acid groups (broad SMARTS) is 4. The van der Waals surface area contributed by atoms with Crippen LogP contribution in [0, 0.1) is 5.41 Å². The lowest BCUT2D eigenvalue weighted by Crippen LogP contribution is -2.46. The zero-order valence-corrected chi connectivity index (χ0v) is 25.2. The third-order valence-electron chi connectivity index (χ3n) is 5.93. The van der Waals surface area contributed by atoms with Crippen LogP contribution in [0.3, 0.4) is 0 Å². The zero-order valence-electron chi connectivity index (χ0n) is 25.2. The van der Waals surface area contributed by atoms with E-state index in [0.717, 1.165) is 63.4 Å². The van der Waals surface area contributed by atoms with Gasteiger partial charge in [-0.3, -0.25) is 10.4 Å². The molecular weight excluding hydrogens is 590 g/mol. The molecule has 16 heteroatoms. The SMILES string of the molecule is N=C(N)c1ccc(OCCCN2CCN(CCCCCCN=C(N)N)CC2)cc1.O=C(O)/C=C/C(=O)O.O=C(O)/C=C/C(=O)O. The molecule has 16 nitrogen and oxygen atoms in total. The Labute approximate surface area is 262 Å². The van der Waals surface area contributed by atoms with Crippen LogP contribution in [0.25, 0.3) is 0 Å². The minimum atomic E-state index is -1.26. The minimum Gasteiger partial charge on any atom is -0.494 e. The summed E-state index contributed by atoms with van der Waals surface area (Å²) < 4.78 is 5.79. The highest BCUT2D eigenvalue weighted by molar-refractivity contribution is 5.95. The summed E-state index contributed by atoms with van der Waals surface area (Å²) in [5, 5.41) is 38.7. The Bertz CT molecular complexity index is 1080. The molecule has 1 aliphatic rings. The van der Waals surface area contributed by atoms with Crippen molar-refractivity contribution in [3.63, 3.8) is 0 Å². The van der Waals surface area contributed by atoms with Gasteiger partial charge in [-0.2, -0.15) is 0 Å². The van der Waals surface area contributed by atoms with E-state index in [2.05, 4.69) is 14.8 Å². The van der Waals surface area contributed by atoms with Crippen LogP contribution in [0.15, 0.2) is 53.6 Å². The number of aliphatic carboxylic acids is 4. The normalized spacial score (nSPS) is 13.2. The third-order valence-corrected chi connectivity index (χ3v) is 5.93. The maximum absolute atomic E-state index is 9.55. The molecule has 0 unspecified atom stereocenters. The summed E-state index contributed by atoms with van der Waals surface area (Å²) in [6.07, 6.45) is 7.99. The first-order valence-corrected chi connectivity index (χ1v) is 14.1. The summed E-state index contributed by atoms with van der Waals surface area (Å²) >= 11 is 0. The van der Waals surface area contributed by atoms with Crippen LogP contribution in [0.1, 0.15) is 37.7 Å². The first-order chi connectivity index (χ1) is 21.3. The number of nitrogens with two attached hydrogens (primary N) is 3. The van der Waals surface area contributed by atoms with Crippen molar-refractivity contribution in [2.45, 2.75) is 32.1 Å². The summed E-state index contributed by atoms with van der Waals surface area (Å²) in [4.78, 5) is 47.3. The van der Waals surface area contributed by atoms with Gasteiger partial charge >= 0.3 is 23.9 Å². The number of rotatable bonds is 17. The number of aliphatic imine (C=N–C) groups is 1. The molecule has 0 aromatic heterocycles. The number of unbranched alkanes of at least 4 members (excludes halogenated alkanes) is 3. The molecule has 0 saturated carbocycles. The summed E-state index contributed by atoms with van der Waals surface area (Å²) in [7, 11) is 0. The summed E-state index contributed by atoms with van der Waals surface area (Å²) in [5.41, 5.74) is 16.8. The minimum absolute atomic E-state index is 0.0820. The Morgan fingerprint density at radius 2 is 1.13 bits per heavy atom. The molecule has 2 rings (SSSR count). The molecule has 1 aromatic carbocycles. The van der Waals surface area contributed by atoms with Crippen molar-refractivity contribution in [2.75, 3.05) is 52.4 Å². The van der Waals surface area contributed by atoms with Gasteiger partial charge in [-0.1, -0.05) is 12.8 Å². The van der Waals surface area contributed by atoms with Gasteiger partial charge in [0.1, 0.15) is 11.6 Å². The fourth-order valence-corrected chi connectivity index (χ4v) is 3.74. The predicted molar refractivity (Wildman–Crippen MR) is 168 cm³/mol. The lowest BCUT2D eigenvalue weighted by Gasteiger charge is -2.34. The van der Waals surface area contributed by atoms with E-state index in [9.17, 15) is 19.2 Å². The van der Waals surface area contributed by atoms with Crippen LogP contribution < -0.4 is 21.9 Å². The van der Waals surface area contributed by atoms with E-state index in [4.69, 9.17) is 47.8 Å². The van der Waals surface area contributed by atoms with Crippen molar-refractivity contribution >= 4 is 35.7 Å². The summed E-state index contributed by atoms with van der Waals surface area (Å²) in [6.45, 7) is 8.30. The molecule has 1 fully saturated rings. The molecule has 0 aliphatic carbocycles. The number of ether oxygens (including phenoxy) is 1. The predicted octanol–water partition coefficient (Wildman–Crippen LogP) is 0.615. The maximum Gasteiger partial charge on any atom is 0.328 e. The number of benzene rings is 1. The van der Waals surface area contributed by atoms with Crippen molar-refractivity contribution in [3.05, 3.63) is 54.1 Å². The molecule has 250 valence electrons. The van der Waals surface area contributed by atoms with E-state index < -0.39 is 23.9 Å². The number of guanidine groups is 1. The quantitative estimate of drug-likeness (QED) is 0.0504. The van der Waals surface area contributed by atoms with Gasteiger partial charge in [0.2, 0.25) is 0 Å². The molecule has 1 aliphatic heterocycles. The maximum atomic E-state index is 9.55. The molecule has 0 bridgehead atoms. The monoisotopic (exact) mass is 635 g/mol. The van der Waals surface area contributed by atoms with E-state index in [-0.39, 0.29) is 11.8 Å².